The Labute approximate surface area is 129 Å². The molecule has 3 heteroatoms. The summed E-state index contributed by atoms with van der Waals surface area (Å²) in [5.74, 6) is 0. The van der Waals surface area contributed by atoms with E-state index in [-0.39, 0.29) is 5.41 Å². The van der Waals surface area contributed by atoms with E-state index in [4.69, 9.17) is 11.0 Å². The fourth-order valence-electron chi connectivity index (χ4n) is 2.73. The van der Waals surface area contributed by atoms with Crippen molar-refractivity contribution >= 4 is 0 Å². The summed E-state index contributed by atoms with van der Waals surface area (Å²) in [4.78, 5) is 2.48. The Kier molecular flexibility index (Phi) is 7.42. The van der Waals surface area contributed by atoms with Crippen LogP contribution in [0, 0.1) is 16.7 Å². The van der Waals surface area contributed by atoms with Gasteiger partial charge >= 0.3 is 0 Å². The molecule has 0 saturated carbocycles. The molecular weight excluding hydrogens is 258 g/mol. The van der Waals surface area contributed by atoms with Gasteiger partial charge in [-0.05, 0) is 42.5 Å². The van der Waals surface area contributed by atoms with E-state index in [1.807, 2.05) is 13.8 Å². The Hall–Kier alpha value is -1.37. The first-order valence-electron chi connectivity index (χ1n) is 8.02. The maximum atomic E-state index is 8.87. The first-order valence-corrected chi connectivity index (χ1v) is 8.02. The Bertz CT molecular complexity index is 454. The second-order valence-electron chi connectivity index (χ2n) is 5.95. The van der Waals surface area contributed by atoms with Gasteiger partial charge in [-0.3, -0.25) is 4.90 Å². The van der Waals surface area contributed by atoms with Crippen LogP contribution in [0.4, 0.5) is 0 Å². The molecule has 3 nitrogen and oxygen atoms in total. The topological polar surface area (TPSA) is 53.0 Å². The van der Waals surface area contributed by atoms with Gasteiger partial charge in [0.1, 0.15) is 0 Å². The molecule has 1 aromatic rings. The lowest BCUT2D eigenvalue weighted by molar-refractivity contribution is 0.116. The van der Waals surface area contributed by atoms with E-state index < -0.39 is 0 Å². The third kappa shape index (κ3) is 5.49. The van der Waals surface area contributed by atoms with Gasteiger partial charge in [-0.1, -0.05) is 45.0 Å². The van der Waals surface area contributed by atoms with Gasteiger partial charge in [0.25, 0.3) is 0 Å². The fourth-order valence-corrected chi connectivity index (χ4v) is 2.73. The highest BCUT2D eigenvalue weighted by molar-refractivity contribution is 5.23. The molecule has 116 valence electrons. The number of rotatable bonds is 4. The number of hydrogen-bond acceptors (Lipinski definition) is 3. The summed E-state index contributed by atoms with van der Waals surface area (Å²) >= 11 is 0. The summed E-state index contributed by atoms with van der Waals surface area (Å²) in [6.45, 7) is 10.0. The molecule has 1 aromatic carbocycles. The SMILES string of the molecule is CC.CC1(CC#N)CCN(Cc2cccc(CN)c2)CC1. The summed E-state index contributed by atoms with van der Waals surface area (Å²) < 4.78 is 0. The van der Waals surface area contributed by atoms with Crippen molar-refractivity contribution in [2.24, 2.45) is 11.1 Å². The highest BCUT2D eigenvalue weighted by Gasteiger charge is 2.29. The van der Waals surface area contributed by atoms with Crippen molar-refractivity contribution in [1.82, 2.24) is 4.90 Å². The first-order chi connectivity index (χ1) is 10.1. The van der Waals surface area contributed by atoms with Gasteiger partial charge in [-0.2, -0.15) is 5.26 Å². The van der Waals surface area contributed by atoms with E-state index in [0.29, 0.717) is 13.0 Å². The smallest absolute Gasteiger partial charge is 0.0627 e. The number of piperidine rings is 1. The average molecular weight is 287 g/mol. The zero-order valence-corrected chi connectivity index (χ0v) is 13.7. The Balaban J connectivity index is 0.00000106. The normalized spacial score (nSPS) is 17.5. The molecule has 0 aliphatic carbocycles. The van der Waals surface area contributed by atoms with Crippen molar-refractivity contribution in [1.29, 1.82) is 5.26 Å². The van der Waals surface area contributed by atoms with Crippen molar-refractivity contribution in [2.45, 2.75) is 53.1 Å². The second-order valence-corrected chi connectivity index (χ2v) is 5.95. The van der Waals surface area contributed by atoms with E-state index >= 15 is 0 Å². The first kappa shape index (κ1) is 17.7. The lowest BCUT2D eigenvalue weighted by Gasteiger charge is -2.38. The van der Waals surface area contributed by atoms with Crippen molar-refractivity contribution in [3.63, 3.8) is 0 Å². The Morgan fingerprint density at radius 1 is 1.24 bits per heavy atom. The highest BCUT2D eigenvalue weighted by Crippen LogP contribution is 2.34. The molecule has 2 N–H and O–H groups in total. The van der Waals surface area contributed by atoms with E-state index in [9.17, 15) is 0 Å². The minimum absolute atomic E-state index is 0.227. The molecule has 21 heavy (non-hydrogen) atoms. The Morgan fingerprint density at radius 3 is 2.43 bits per heavy atom. The average Bonchev–Trinajstić information content (AvgIpc) is 2.52. The van der Waals surface area contributed by atoms with E-state index in [1.54, 1.807) is 0 Å². The van der Waals surface area contributed by atoms with Crippen LogP contribution in [0.15, 0.2) is 24.3 Å². The molecule has 1 fully saturated rings. The van der Waals surface area contributed by atoms with Gasteiger partial charge in [-0.15, -0.1) is 0 Å². The zero-order chi connectivity index (χ0) is 15.7. The number of benzene rings is 1. The van der Waals surface area contributed by atoms with Crippen molar-refractivity contribution in [3.8, 4) is 6.07 Å². The van der Waals surface area contributed by atoms with Crippen molar-refractivity contribution in [2.75, 3.05) is 13.1 Å². The second kappa shape index (κ2) is 8.81. The number of nitrogens with two attached hydrogens (primary N) is 1. The van der Waals surface area contributed by atoms with Gasteiger partial charge in [0, 0.05) is 19.5 Å². The molecule has 0 unspecified atom stereocenters. The highest BCUT2D eigenvalue weighted by atomic mass is 15.1. The van der Waals surface area contributed by atoms with Crippen molar-refractivity contribution in [3.05, 3.63) is 35.4 Å². The minimum Gasteiger partial charge on any atom is -0.326 e. The summed E-state index contributed by atoms with van der Waals surface area (Å²) in [6.07, 6.45) is 2.93. The van der Waals surface area contributed by atoms with Crippen LogP contribution >= 0.6 is 0 Å². The van der Waals surface area contributed by atoms with Crippen LogP contribution in [0.2, 0.25) is 0 Å². The van der Waals surface area contributed by atoms with Crippen LogP contribution in [0.25, 0.3) is 0 Å². The van der Waals surface area contributed by atoms with Crippen LogP contribution in [-0.4, -0.2) is 18.0 Å². The van der Waals surface area contributed by atoms with Crippen molar-refractivity contribution < 1.29 is 0 Å². The lowest BCUT2D eigenvalue weighted by atomic mass is 9.78. The molecule has 1 aliphatic heterocycles. The van der Waals surface area contributed by atoms with Gasteiger partial charge in [0.05, 0.1) is 6.07 Å². The molecule has 1 heterocycles. The lowest BCUT2D eigenvalue weighted by Crippen LogP contribution is -2.38. The summed E-state index contributed by atoms with van der Waals surface area (Å²) in [7, 11) is 0. The molecule has 0 atom stereocenters. The van der Waals surface area contributed by atoms with Crippen LogP contribution in [0.5, 0.6) is 0 Å². The summed E-state index contributed by atoms with van der Waals surface area (Å²) in [5, 5.41) is 8.87. The van der Waals surface area contributed by atoms with Crippen LogP contribution in [-0.2, 0) is 13.1 Å². The standard InChI is InChI=1S/C16H23N3.C2H6/c1-16(5-8-17)6-9-19(10-7-16)13-15-4-2-3-14(11-15)12-18;1-2/h2-4,11H,5-7,9-10,12-13,18H2,1H3;1-2H3. The van der Waals surface area contributed by atoms with Crippen LogP contribution < -0.4 is 5.73 Å². The molecular formula is C18H29N3. The zero-order valence-electron chi connectivity index (χ0n) is 13.7. The summed E-state index contributed by atoms with van der Waals surface area (Å²) in [5.41, 5.74) is 8.44. The number of likely N-dealkylation sites (tertiary alicyclic amines) is 1. The molecule has 1 saturated heterocycles. The quantitative estimate of drug-likeness (QED) is 0.919. The molecule has 1 aliphatic rings. The Morgan fingerprint density at radius 2 is 1.86 bits per heavy atom. The maximum Gasteiger partial charge on any atom is 0.0627 e. The predicted octanol–water partition coefficient (Wildman–Crippen LogP) is 3.69. The third-order valence-corrected chi connectivity index (χ3v) is 4.20. The molecule has 0 amide bonds. The van der Waals surface area contributed by atoms with Crippen LogP contribution in [0.3, 0.4) is 0 Å². The van der Waals surface area contributed by atoms with E-state index in [1.165, 1.54) is 11.1 Å². The number of nitrogens with zero attached hydrogens (tertiary/aromatic N) is 2. The van der Waals surface area contributed by atoms with Gasteiger partial charge in [0.15, 0.2) is 0 Å². The summed E-state index contributed by atoms with van der Waals surface area (Å²) in [6, 6.07) is 10.8. The molecule has 0 bridgehead atoms. The number of nitriles is 1. The van der Waals surface area contributed by atoms with E-state index in [2.05, 4.69) is 42.2 Å². The monoisotopic (exact) mass is 287 g/mol. The van der Waals surface area contributed by atoms with Crippen LogP contribution in [0.1, 0.15) is 51.2 Å². The van der Waals surface area contributed by atoms with E-state index in [0.717, 1.165) is 32.5 Å². The van der Waals surface area contributed by atoms with Gasteiger partial charge in [0.2, 0.25) is 0 Å². The van der Waals surface area contributed by atoms with Gasteiger partial charge in [-0.25, -0.2) is 0 Å². The molecule has 2 rings (SSSR count). The molecule has 0 aromatic heterocycles. The third-order valence-electron chi connectivity index (χ3n) is 4.20. The fraction of sp³-hybridized carbons (Fsp3) is 0.611. The largest absolute Gasteiger partial charge is 0.326 e. The molecule has 0 radical (unpaired) electrons. The number of hydrogen-bond donors (Lipinski definition) is 1. The minimum atomic E-state index is 0.227. The molecule has 0 spiro atoms. The van der Waals surface area contributed by atoms with Gasteiger partial charge < -0.3 is 5.73 Å². The maximum absolute atomic E-state index is 8.87. The predicted molar refractivity (Wildman–Crippen MR) is 88.5 cm³/mol.